The minimum Gasteiger partial charge on any atom is -0.481 e. The van der Waals surface area contributed by atoms with Crippen molar-refractivity contribution in [3.05, 3.63) is 23.9 Å². The molecule has 0 spiro atoms. The molecule has 0 fully saturated rings. The van der Waals surface area contributed by atoms with Gasteiger partial charge >= 0.3 is 0 Å². The van der Waals surface area contributed by atoms with Crippen molar-refractivity contribution in [2.45, 2.75) is 12.8 Å². The summed E-state index contributed by atoms with van der Waals surface area (Å²) in [6.45, 7) is 1.93. The maximum atomic E-state index is 5.26. The number of pyridine rings is 1. The molecule has 0 bridgehead atoms. The van der Waals surface area contributed by atoms with E-state index in [-0.39, 0.29) is 5.92 Å². The van der Waals surface area contributed by atoms with Crippen molar-refractivity contribution in [1.82, 2.24) is 4.98 Å². The smallest absolute Gasteiger partial charge is 0.213 e. The van der Waals surface area contributed by atoms with Gasteiger partial charge in [0.05, 0.1) is 18.7 Å². The molecule has 0 aliphatic heterocycles. The topological polar surface area (TPSA) is 22.1 Å². The van der Waals surface area contributed by atoms with Crippen molar-refractivity contribution in [2.24, 2.45) is 0 Å². The van der Waals surface area contributed by atoms with Crippen molar-refractivity contribution < 1.29 is 4.74 Å². The predicted molar refractivity (Wildman–Crippen MR) is 48.0 cm³/mol. The van der Waals surface area contributed by atoms with Gasteiger partial charge in [-0.15, -0.1) is 6.42 Å². The molecule has 2 heteroatoms. The second-order valence-electron chi connectivity index (χ2n) is 2.49. The lowest BCUT2D eigenvalue weighted by Crippen LogP contribution is -1.95. The van der Waals surface area contributed by atoms with Crippen LogP contribution in [0.2, 0.25) is 0 Å². The normalized spacial score (nSPS) is 11.8. The van der Waals surface area contributed by atoms with E-state index in [1.165, 1.54) is 0 Å². The average Bonchev–Trinajstić information content (AvgIpc) is 2.17. The first-order chi connectivity index (χ1) is 5.77. The molecule has 0 radical (unpaired) electrons. The van der Waals surface area contributed by atoms with E-state index in [1.807, 2.05) is 19.1 Å². The number of methoxy groups -OCH3 is 1. The number of nitrogens with zero attached hydrogens (tertiary/aromatic N) is 1. The zero-order chi connectivity index (χ0) is 8.97. The summed E-state index contributed by atoms with van der Waals surface area (Å²) < 4.78 is 4.97. The van der Waals surface area contributed by atoms with Gasteiger partial charge in [0, 0.05) is 6.07 Å². The molecule has 0 saturated heterocycles. The molecule has 0 amide bonds. The summed E-state index contributed by atoms with van der Waals surface area (Å²) in [7, 11) is 1.59. The molecule has 0 N–H and O–H groups in total. The van der Waals surface area contributed by atoms with Crippen LogP contribution in [0.4, 0.5) is 0 Å². The number of aromatic nitrogens is 1. The highest BCUT2D eigenvalue weighted by molar-refractivity contribution is 5.22. The summed E-state index contributed by atoms with van der Waals surface area (Å²) in [6, 6.07) is 5.58. The highest BCUT2D eigenvalue weighted by Gasteiger charge is 2.03. The SMILES string of the molecule is C#CC(C)c1cccc(OC)n1. The van der Waals surface area contributed by atoms with E-state index < -0.39 is 0 Å². The van der Waals surface area contributed by atoms with E-state index in [0.717, 1.165) is 5.69 Å². The summed E-state index contributed by atoms with van der Waals surface area (Å²) in [4.78, 5) is 4.20. The van der Waals surface area contributed by atoms with Gasteiger partial charge in [-0.05, 0) is 13.0 Å². The number of hydrogen-bond donors (Lipinski definition) is 0. The minimum atomic E-state index is 0.0418. The van der Waals surface area contributed by atoms with Crippen molar-refractivity contribution in [1.29, 1.82) is 0 Å². The molecule has 12 heavy (non-hydrogen) atoms. The lowest BCUT2D eigenvalue weighted by atomic mass is 10.1. The van der Waals surface area contributed by atoms with Crippen LogP contribution < -0.4 is 4.74 Å². The van der Waals surface area contributed by atoms with E-state index in [4.69, 9.17) is 11.2 Å². The highest BCUT2D eigenvalue weighted by atomic mass is 16.5. The molecule has 62 valence electrons. The lowest BCUT2D eigenvalue weighted by molar-refractivity contribution is 0.396. The lowest BCUT2D eigenvalue weighted by Gasteiger charge is -2.04. The second-order valence-corrected chi connectivity index (χ2v) is 2.49. The fourth-order valence-corrected chi connectivity index (χ4v) is 0.871. The largest absolute Gasteiger partial charge is 0.481 e. The maximum absolute atomic E-state index is 5.26. The first-order valence-electron chi connectivity index (χ1n) is 3.75. The van der Waals surface area contributed by atoms with Crippen LogP contribution in [0.1, 0.15) is 18.5 Å². The molecule has 1 unspecified atom stereocenters. The van der Waals surface area contributed by atoms with E-state index in [0.29, 0.717) is 5.88 Å². The number of rotatable bonds is 2. The summed E-state index contributed by atoms with van der Waals surface area (Å²) >= 11 is 0. The second kappa shape index (κ2) is 3.77. The van der Waals surface area contributed by atoms with Crippen LogP contribution >= 0.6 is 0 Å². The first-order valence-corrected chi connectivity index (χ1v) is 3.75. The van der Waals surface area contributed by atoms with Gasteiger partial charge in [-0.1, -0.05) is 12.0 Å². The Morgan fingerprint density at radius 2 is 2.33 bits per heavy atom. The summed E-state index contributed by atoms with van der Waals surface area (Å²) in [6.07, 6.45) is 5.26. The van der Waals surface area contributed by atoms with Gasteiger partial charge in [0.1, 0.15) is 0 Å². The van der Waals surface area contributed by atoms with Crippen LogP contribution in [0.15, 0.2) is 18.2 Å². The third kappa shape index (κ3) is 1.76. The van der Waals surface area contributed by atoms with Crippen LogP contribution in [0, 0.1) is 12.3 Å². The third-order valence-electron chi connectivity index (χ3n) is 1.65. The van der Waals surface area contributed by atoms with E-state index >= 15 is 0 Å². The highest BCUT2D eigenvalue weighted by Crippen LogP contribution is 2.14. The Morgan fingerprint density at radius 3 is 2.92 bits per heavy atom. The van der Waals surface area contributed by atoms with Crippen molar-refractivity contribution in [3.8, 4) is 18.2 Å². The van der Waals surface area contributed by atoms with Crippen molar-refractivity contribution in [2.75, 3.05) is 7.11 Å². The Balaban J connectivity index is 2.95. The number of ether oxygens (including phenoxy) is 1. The molecule has 1 rings (SSSR count). The first kappa shape index (κ1) is 8.61. The Bertz CT molecular complexity index is 301. The number of hydrogen-bond acceptors (Lipinski definition) is 2. The summed E-state index contributed by atoms with van der Waals surface area (Å²) in [5.74, 6) is 3.26. The Hall–Kier alpha value is -1.49. The average molecular weight is 161 g/mol. The molecule has 1 atom stereocenters. The fourth-order valence-electron chi connectivity index (χ4n) is 0.871. The molecule has 1 heterocycles. The molecular formula is C10H11NO. The van der Waals surface area contributed by atoms with Crippen LogP contribution in [0.25, 0.3) is 0 Å². The fraction of sp³-hybridized carbons (Fsp3) is 0.300. The standard InChI is InChI=1S/C10H11NO/c1-4-8(2)9-6-5-7-10(11-9)12-3/h1,5-8H,2-3H3. The van der Waals surface area contributed by atoms with Gasteiger partial charge in [-0.2, -0.15) is 0 Å². The summed E-state index contributed by atoms with van der Waals surface area (Å²) in [5.41, 5.74) is 0.872. The van der Waals surface area contributed by atoms with Crippen LogP contribution in [-0.2, 0) is 0 Å². The van der Waals surface area contributed by atoms with Crippen molar-refractivity contribution in [3.63, 3.8) is 0 Å². The Labute approximate surface area is 72.6 Å². The quantitative estimate of drug-likeness (QED) is 0.617. The van der Waals surface area contributed by atoms with Gasteiger partial charge in [-0.3, -0.25) is 0 Å². The predicted octanol–water partition coefficient (Wildman–Crippen LogP) is 1.83. The van der Waals surface area contributed by atoms with Gasteiger partial charge in [0.15, 0.2) is 0 Å². The van der Waals surface area contributed by atoms with Crippen LogP contribution in [0.5, 0.6) is 5.88 Å². The van der Waals surface area contributed by atoms with E-state index in [2.05, 4.69) is 10.9 Å². The van der Waals surface area contributed by atoms with Gasteiger partial charge in [0.25, 0.3) is 0 Å². The van der Waals surface area contributed by atoms with Gasteiger partial charge in [0.2, 0.25) is 5.88 Å². The Kier molecular flexibility index (Phi) is 2.71. The Morgan fingerprint density at radius 1 is 1.58 bits per heavy atom. The zero-order valence-corrected chi connectivity index (χ0v) is 7.24. The van der Waals surface area contributed by atoms with Crippen molar-refractivity contribution >= 4 is 0 Å². The third-order valence-corrected chi connectivity index (χ3v) is 1.65. The van der Waals surface area contributed by atoms with E-state index in [9.17, 15) is 0 Å². The monoisotopic (exact) mass is 161 g/mol. The maximum Gasteiger partial charge on any atom is 0.213 e. The molecule has 0 aromatic carbocycles. The molecule has 0 aliphatic carbocycles. The van der Waals surface area contributed by atoms with Gasteiger partial charge in [-0.25, -0.2) is 4.98 Å². The molecule has 1 aromatic heterocycles. The van der Waals surface area contributed by atoms with E-state index in [1.54, 1.807) is 13.2 Å². The molecule has 0 aliphatic rings. The minimum absolute atomic E-state index is 0.0418. The molecule has 1 aromatic rings. The summed E-state index contributed by atoms with van der Waals surface area (Å²) in [5, 5.41) is 0. The molecular weight excluding hydrogens is 150 g/mol. The molecule has 2 nitrogen and oxygen atoms in total. The number of terminal acetylenes is 1. The van der Waals surface area contributed by atoms with Crippen LogP contribution in [0.3, 0.4) is 0 Å². The van der Waals surface area contributed by atoms with Crippen LogP contribution in [-0.4, -0.2) is 12.1 Å². The zero-order valence-electron chi connectivity index (χ0n) is 7.24. The van der Waals surface area contributed by atoms with Gasteiger partial charge < -0.3 is 4.74 Å². The molecule has 0 saturated carbocycles.